The van der Waals surface area contributed by atoms with Crippen molar-refractivity contribution in [3.05, 3.63) is 67.2 Å². The van der Waals surface area contributed by atoms with Crippen molar-refractivity contribution in [2.45, 2.75) is 13.8 Å². The molecule has 0 aliphatic carbocycles. The Balaban J connectivity index is 0.000000158. The number of hydrogen-bond acceptors (Lipinski definition) is 2. The summed E-state index contributed by atoms with van der Waals surface area (Å²) in [6.07, 6.45) is 5.20. The maximum Gasteiger partial charge on any atom is 0.133 e. The molecule has 2 aromatic heterocycles. The van der Waals surface area contributed by atoms with Crippen LogP contribution in [0.3, 0.4) is 0 Å². The summed E-state index contributed by atoms with van der Waals surface area (Å²) in [5.41, 5.74) is 0.956. The molecular weight excluding hydrogens is 210 g/mol. The summed E-state index contributed by atoms with van der Waals surface area (Å²) in [6.45, 7) is 4.00. The fourth-order valence-electron chi connectivity index (χ4n) is 1.22. The number of furan rings is 1. The molecule has 0 spiro atoms. The monoisotopic (exact) mass is 227 g/mol. The minimum Gasteiger partial charge on any atom is -0.464 e. The van der Waals surface area contributed by atoms with Gasteiger partial charge in [-0.2, -0.15) is 0 Å². The van der Waals surface area contributed by atoms with Crippen LogP contribution in [0.2, 0.25) is 0 Å². The smallest absolute Gasteiger partial charge is 0.133 e. The van der Waals surface area contributed by atoms with Crippen LogP contribution in [-0.4, -0.2) is 4.98 Å². The molecule has 3 rings (SSSR count). The molecule has 2 nitrogen and oxygen atoms in total. The standard InChI is InChI=1S/C8H6O.C5H5N.C2H6/c1-2-4-8-7(3-1)5-6-9-8;1-2-4-6-5-3-1;1-2/h1-6H;1-5H;1-2H3. The lowest BCUT2D eigenvalue weighted by Crippen LogP contribution is -1.58. The topological polar surface area (TPSA) is 26.0 Å². The van der Waals surface area contributed by atoms with E-state index in [1.165, 1.54) is 0 Å². The zero-order valence-corrected chi connectivity index (χ0v) is 10.2. The zero-order valence-electron chi connectivity index (χ0n) is 10.2. The number of hydrogen-bond donors (Lipinski definition) is 0. The van der Waals surface area contributed by atoms with Crippen LogP contribution in [0.5, 0.6) is 0 Å². The van der Waals surface area contributed by atoms with E-state index in [0.717, 1.165) is 11.0 Å². The Morgan fingerprint density at radius 2 is 1.53 bits per heavy atom. The maximum atomic E-state index is 5.12. The third-order valence-electron chi connectivity index (χ3n) is 1.93. The highest BCUT2D eigenvalue weighted by atomic mass is 16.3. The SMILES string of the molecule is CC.c1ccc2occc2c1.c1ccncc1. The molecule has 3 aromatic rings. The molecule has 0 saturated carbocycles. The van der Waals surface area contributed by atoms with Crippen LogP contribution in [-0.2, 0) is 0 Å². The minimum atomic E-state index is 0.956. The van der Waals surface area contributed by atoms with Gasteiger partial charge < -0.3 is 4.42 Å². The van der Waals surface area contributed by atoms with E-state index in [4.69, 9.17) is 4.42 Å². The molecule has 0 atom stereocenters. The second-order valence-corrected chi connectivity index (χ2v) is 2.98. The normalized spacial score (nSPS) is 8.59. The van der Waals surface area contributed by atoms with Gasteiger partial charge in [-0.05, 0) is 24.3 Å². The molecule has 2 heteroatoms. The van der Waals surface area contributed by atoms with E-state index in [1.807, 2.05) is 62.4 Å². The first kappa shape index (κ1) is 13.0. The second kappa shape index (κ2) is 8.11. The number of benzene rings is 1. The summed E-state index contributed by atoms with van der Waals surface area (Å²) in [7, 11) is 0. The number of fused-ring (bicyclic) bond motifs is 1. The second-order valence-electron chi connectivity index (χ2n) is 2.98. The molecule has 2 heterocycles. The lowest BCUT2D eigenvalue weighted by Gasteiger charge is -1.81. The van der Waals surface area contributed by atoms with Crippen LogP contribution < -0.4 is 0 Å². The van der Waals surface area contributed by atoms with Crippen LogP contribution in [0.1, 0.15) is 13.8 Å². The first-order valence-corrected chi connectivity index (χ1v) is 5.74. The number of rotatable bonds is 0. The van der Waals surface area contributed by atoms with Crippen LogP contribution in [0.15, 0.2) is 71.6 Å². The van der Waals surface area contributed by atoms with E-state index < -0.39 is 0 Å². The van der Waals surface area contributed by atoms with Gasteiger partial charge in [-0.25, -0.2) is 0 Å². The number of aromatic nitrogens is 1. The van der Waals surface area contributed by atoms with Crippen molar-refractivity contribution >= 4 is 11.0 Å². The Kier molecular flexibility index (Phi) is 6.19. The largest absolute Gasteiger partial charge is 0.464 e. The van der Waals surface area contributed by atoms with Crippen molar-refractivity contribution in [3.63, 3.8) is 0 Å². The van der Waals surface area contributed by atoms with Gasteiger partial charge in [0.1, 0.15) is 5.58 Å². The lowest BCUT2D eigenvalue weighted by atomic mass is 10.3. The molecule has 0 radical (unpaired) electrons. The van der Waals surface area contributed by atoms with Gasteiger partial charge in [-0.1, -0.05) is 38.1 Å². The minimum absolute atomic E-state index is 0.956. The van der Waals surface area contributed by atoms with E-state index in [9.17, 15) is 0 Å². The van der Waals surface area contributed by atoms with Crippen molar-refractivity contribution in [2.24, 2.45) is 0 Å². The summed E-state index contributed by atoms with van der Waals surface area (Å²) in [4.78, 5) is 3.78. The van der Waals surface area contributed by atoms with Gasteiger partial charge in [-0.15, -0.1) is 0 Å². The van der Waals surface area contributed by atoms with Crippen molar-refractivity contribution < 1.29 is 4.42 Å². The van der Waals surface area contributed by atoms with Crippen molar-refractivity contribution in [3.8, 4) is 0 Å². The molecule has 0 fully saturated rings. The Bertz CT molecular complexity index is 445. The number of nitrogens with zero attached hydrogens (tertiary/aromatic N) is 1. The van der Waals surface area contributed by atoms with Gasteiger partial charge in [0.25, 0.3) is 0 Å². The Hall–Kier alpha value is -2.09. The first-order valence-electron chi connectivity index (χ1n) is 5.74. The summed E-state index contributed by atoms with van der Waals surface area (Å²) in [5.74, 6) is 0. The summed E-state index contributed by atoms with van der Waals surface area (Å²) in [6, 6.07) is 15.6. The predicted molar refractivity (Wildman–Crippen MR) is 71.8 cm³/mol. The molecular formula is C15H17NO. The highest BCUT2D eigenvalue weighted by Crippen LogP contribution is 2.12. The quantitative estimate of drug-likeness (QED) is 0.563. The van der Waals surface area contributed by atoms with Gasteiger partial charge in [0.15, 0.2) is 0 Å². The summed E-state index contributed by atoms with van der Waals surface area (Å²) < 4.78 is 5.12. The van der Waals surface area contributed by atoms with Gasteiger partial charge >= 0.3 is 0 Å². The third kappa shape index (κ3) is 4.51. The molecule has 0 unspecified atom stereocenters. The highest BCUT2D eigenvalue weighted by molar-refractivity contribution is 5.76. The van der Waals surface area contributed by atoms with Gasteiger partial charge in [0, 0.05) is 17.8 Å². The van der Waals surface area contributed by atoms with E-state index in [1.54, 1.807) is 18.7 Å². The molecule has 17 heavy (non-hydrogen) atoms. The van der Waals surface area contributed by atoms with Crippen molar-refractivity contribution in [1.29, 1.82) is 0 Å². The molecule has 0 amide bonds. The van der Waals surface area contributed by atoms with E-state index in [0.29, 0.717) is 0 Å². The van der Waals surface area contributed by atoms with Crippen LogP contribution in [0, 0.1) is 0 Å². The van der Waals surface area contributed by atoms with Crippen molar-refractivity contribution in [2.75, 3.05) is 0 Å². The highest BCUT2D eigenvalue weighted by Gasteiger charge is 1.89. The summed E-state index contributed by atoms with van der Waals surface area (Å²) >= 11 is 0. The van der Waals surface area contributed by atoms with Gasteiger partial charge in [0.2, 0.25) is 0 Å². The Morgan fingerprint density at radius 1 is 0.824 bits per heavy atom. The van der Waals surface area contributed by atoms with E-state index in [2.05, 4.69) is 4.98 Å². The fourth-order valence-corrected chi connectivity index (χ4v) is 1.22. The average Bonchev–Trinajstić information content (AvgIpc) is 2.92. The maximum absolute atomic E-state index is 5.12. The molecule has 0 aliphatic heterocycles. The lowest BCUT2D eigenvalue weighted by molar-refractivity contribution is 0.616. The fraction of sp³-hybridized carbons (Fsp3) is 0.133. The van der Waals surface area contributed by atoms with Crippen molar-refractivity contribution in [1.82, 2.24) is 4.98 Å². The van der Waals surface area contributed by atoms with E-state index in [-0.39, 0.29) is 0 Å². The first-order chi connectivity index (χ1) is 8.47. The number of para-hydroxylation sites is 1. The van der Waals surface area contributed by atoms with Crippen LogP contribution in [0.4, 0.5) is 0 Å². The molecule has 0 saturated heterocycles. The van der Waals surface area contributed by atoms with Gasteiger partial charge in [0.05, 0.1) is 6.26 Å². The number of pyridine rings is 1. The molecule has 0 N–H and O–H groups in total. The molecule has 0 aliphatic rings. The Morgan fingerprint density at radius 3 is 2.06 bits per heavy atom. The zero-order chi connectivity index (χ0) is 12.3. The third-order valence-corrected chi connectivity index (χ3v) is 1.93. The summed E-state index contributed by atoms with van der Waals surface area (Å²) in [5, 5.41) is 1.16. The molecule has 1 aromatic carbocycles. The van der Waals surface area contributed by atoms with Gasteiger partial charge in [-0.3, -0.25) is 4.98 Å². The van der Waals surface area contributed by atoms with E-state index >= 15 is 0 Å². The Labute approximate surface area is 102 Å². The molecule has 0 bridgehead atoms. The van der Waals surface area contributed by atoms with Crippen LogP contribution >= 0.6 is 0 Å². The predicted octanol–water partition coefficient (Wildman–Crippen LogP) is 4.54. The van der Waals surface area contributed by atoms with Crippen LogP contribution in [0.25, 0.3) is 11.0 Å². The average molecular weight is 227 g/mol. The molecule has 88 valence electrons.